The van der Waals surface area contributed by atoms with E-state index in [9.17, 15) is 9.59 Å². The molecule has 1 heterocycles. The van der Waals surface area contributed by atoms with Gasteiger partial charge in [0.1, 0.15) is 11.9 Å². The van der Waals surface area contributed by atoms with E-state index in [1.165, 1.54) is 0 Å². The highest BCUT2D eigenvalue weighted by Crippen LogP contribution is 2.28. The zero-order valence-corrected chi connectivity index (χ0v) is 21.6. The molecule has 0 spiro atoms. The van der Waals surface area contributed by atoms with Crippen molar-refractivity contribution in [2.24, 2.45) is 11.8 Å². The number of ether oxygens (including phenoxy) is 1. The fraction of sp³-hybridized carbons (Fsp3) is 0.615. The van der Waals surface area contributed by atoms with Crippen molar-refractivity contribution >= 4 is 34.7 Å². The number of hydrogen-bond donors (Lipinski definition) is 3. The van der Waals surface area contributed by atoms with Gasteiger partial charge in [-0.05, 0) is 63.0 Å². The van der Waals surface area contributed by atoms with Crippen LogP contribution in [0.1, 0.15) is 52.9 Å². The predicted molar refractivity (Wildman–Crippen MR) is 140 cm³/mol. The summed E-state index contributed by atoms with van der Waals surface area (Å²) in [6.07, 6.45) is 4.52. The molecule has 1 atom stereocenters. The molecule has 192 valence electrons. The number of carbonyl (C=O) groups is 2. The molecular formula is C26H40N6O3. The first kappa shape index (κ1) is 26.5. The van der Waals surface area contributed by atoms with Crippen LogP contribution in [0.15, 0.2) is 24.3 Å². The van der Waals surface area contributed by atoms with Crippen molar-refractivity contribution in [3.05, 3.63) is 24.3 Å². The van der Waals surface area contributed by atoms with Gasteiger partial charge in [0.2, 0.25) is 5.95 Å². The maximum Gasteiger partial charge on any atom is 0.328 e. The number of benzene rings is 1. The van der Waals surface area contributed by atoms with Gasteiger partial charge in [-0.2, -0.15) is 4.98 Å². The van der Waals surface area contributed by atoms with Crippen LogP contribution in [0, 0.1) is 11.8 Å². The van der Waals surface area contributed by atoms with E-state index < -0.39 is 6.04 Å². The van der Waals surface area contributed by atoms with Gasteiger partial charge < -0.3 is 25.6 Å². The van der Waals surface area contributed by atoms with Crippen LogP contribution in [-0.2, 0) is 9.53 Å². The highest BCUT2D eigenvalue weighted by molar-refractivity contribution is 5.90. The molecular weight excluding hydrogens is 444 g/mol. The Balaban J connectivity index is 1.48. The number of aromatic nitrogens is 2. The molecule has 1 aliphatic rings. The van der Waals surface area contributed by atoms with Gasteiger partial charge in [-0.1, -0.05) is 26.0 Å². The third kappa shape index (κ3) is 7.70. The molecule has 1 fully saturated rings. The molecule has 1 aromatic heterocycles. The standard InChI is InChI=1S/C26H40N6O3/c1-6-35-24(33)22(15-17(2)3)30-26(34)27-16-18-11-13-19(14-12-18)28-25-29-21-10-8-7-9-20(21)23(31-25)32(4)5/h7-10,17-19,22H,6,11-16H2,1-5H3,(H2,27,30,34)(H,28,29,31)/t18-,19+,22?. The average molecular weight is 485 g/mol. The molecule has 1 saturated carbocycles. The van der Waals surface area contributed by atoms with E-state index in [1.54, 1.807) is 6.92 Å². The Morgan fingerprint density at radius 1 is 1.11 bits per heavy atom. The van der Waals surface area contributed by atoms with Crippen LogP contribution in [0.5, 0.6) is 0 Å². The second-order valence-electron chi connectivity index (χ2n) is 9.93. The van der Waals surface area contributed by atoms with Gasteiger partial charge in [0.15, 0.2) is 0 Å². The first-order valence-electron chi connectivity index (χ1n) is 12.7. The minimum atomic E-state index is -0.621. The smallest absolute Gasteiger partial charge is 0.328 e. The maximum absolute atomic E-state index is 12.4. The van der Waals surface area contributed by atoms with Gasteiger partial charge in [-0.15, -0.1) is 0 Å². The number of hydrogen-bond acceptors (Lipinski definition) is 7. The molecule has 2 amide bonds. The Labute approximate surface area is 208 Å². The lowest BCUT2D eigenvalue weighted by molar-refractivity contribution is -0.145. The topological polar surface area (TPSA) is 108 Å². The van der Waals surface area contributed by atoms with Gasteiger partial charge >= 0.3 is 12.0 Å². The van der Waals surface area contributed by atoms with Crippen molar-refractivity contribution in [3.8, 4) is 0 Å². The van der Waals surface area contributed by atoms with Gasteiger partial charge in [-0.3, -0.25) is 0 Å². The number of rotatable bonds is 10. The van der Waals surface area contributed by atoms with Gasteiger partial charge in [0, 0.05) is 32.1 Å². The Morgan fingerprint density at radius 2 is 1.83 bits per heavy atom. The highest BCUT2D eigenvalue weighted by atomic mass is 16.5. The Morgan fingerprint density at radius 3 is 2.49 bits per heavy atom. The zero-order chi connectivity index (χ0) is 25.4. The number of nitrogens with one attached hydrogen (secondary N) is 3. The molecule has 3 rings (SSSR count). The van der Waals surface area contributed by atoms with Gasteiger partial charge in [0.05, 0.1) is 12.1 Å². The summed E-state index contributed by atoms with van der Waals surface area (Å²) in [4.78, 5) is 36.0. The van der Waals surface area contributed by atoms with Crippen molar-refractivity contribution in [3.63, 3.8) is 0 Å². The molecule has 0 radical (unpaired) electrons. The molecule has 0 saturated heterocycles. The second-order valence-corrected chi connectivity index (χ2v) is 9.93. The number of esters is 1. The molecule has 1 aromatic carbocycles. The number of para-hydroxylation sites is 1. The number of amides is 2. The fourth-order valence-electron chi connectivity index (χ4n) is 4.53. The Hall–Kier alpha value is -3.10. The molecule has 9 heteroatoms. The predicted octanol–water partition coefficient (Wildman–Crippen LogP) is 3.94. The fourth-order valence-corrected chi connectivity index (χ4v) is 4.53. The number of anilines is 2. The van der Waals surface area contributed by atoms with E-state index in [0.717, 1.165) is 42.4 Å². The Kier molecular flexibility index (Phi) is 9.51. The molecule has 0 aliphatic heterocycles. The summed E-state index contributed by atoms with van der Waals surface area (Å²) in [5, 5.41) is 10.3. The van der Waals surface area contributed by atoms with Gasteiger partial charge in [0.25, 0.3) is 0 Å². The van der Waals surface area contributed by atoms with Crippen molar-refractivity contribution in [1.82, 2.24) is 20.6 Å². The number of fused-ring (bicyclic) bond motifs is 1. The van der Waals surface area contributed by atoms with Crippen molar-refractivity contribution in [2.45, 2.75) is 65.0 Å². The lowest BCUT2D eigenvalue weighted by Gasteiger charge is -2.29. The van der Waals surface area contributed by atoms with E-state index in [1.807, 2.05) is 57.1 Å². The first-order valence-corrected chi connectivity index (χ1v) is 12.7. The van der Waals surface area contributed by atoms with E-state index >= 15 is 0 Å². The second kappa shape index (κ2) is 12.6. The van der Waals surface area contributed by atoms with Crippen molar-refractivity contribution in [1.29, 1.82) is 0 Å². The maximum atomic E-state index is 12.4. The van der Waals surface area contributed by atoms with Crippen LogP contribution in [0.4, 0.5) is 16.6 Å². The summed E-state index contributed by atoms with van der Waals surface area (Å²) in [6, 6.07) is 7.41. The molecule has 2 aromatic rings. The molecule has 35 heavy (non-hydrogen) atoms. The van der Waals surface area contributed by atoms with E-state index in [-0.39, 0.29) is 17.9 Å². The third-order valence-electron chi connectivity index (χ3n) is 6.32. The SMILES string of the molecule is CCOC(=O)C(CC(C)C)NC(=O)NC[C@H]1CC[C@@H](Nc2nc(N(C)C)c3ccccc3n2)CC1. The van der Waals surface area contributed by atoms with Crippen LogP contribution in [0.2, 0.25) is 0 Å². The molecule has 3 N–H and O–H groups in total. The minimum Gasteiger partial charge on any atom is -0.464 e. The zero-order valence-electron chi connectivity index (χ0n) is 21.6. The number of nitrogens with zero attached hydrogens (tertiary/aromatic N) is 3. The van der Waals surface area contributed by atoms with Crippen LogP contribution in [-0.4, -0.2) is 61.3 Å². The highest BCUT2D eigenvalue weighted by Gasteiger charge is 2.25. The molecule has 9 nitrogen and oxygen atoms in total. The summed E-state index contributed by atoms with van der Waals surface area (Å²) < 4.78 is 5.10. The van der Waals surface area contributed by atoms with E-state index in [2.05, 4.69) is 16.0 Å². The summed E-state index contributed by atoms with van der Waals surface area (Å²) >= 11 is 0. The van der Waals surface area contributed by atoms with Crippen molar-refractivity contribution in [2.75, 3.05) is 37.5 Å². The van der Waals surface area contributed by atoms with Crippen LogP contribution in [0.3, 0.4) is 0 Å². The number of carbonyl (C=O) groups excluding carboxylic acids is 2. The largest absolute Gasteiger partial charge is 0.464 e. The third-order valence-corrected chi connectivity index (χ3v) is 6.32. The monoisotopic (exact) mass is 484 g/mol. The van der Waals surface area contributed by atoms with Crippen LogP contribution in [0.25, 0.3) is 10.9 Å². The first-order chi connectivity index (χ1) is 16.8. The Bertz CT molecular complexity index is 988. The lowest BCUT2D eigenvalue weighted by Crippen LogP contribution is -2.48. The van der Waals surface area contributed by atoms with Crippen LogP contribution < -0.4 is 20.9 Å². The lowest BCUT2D eigenvalue weighted by atomic mass is 9.86. The van der Waals surface area contributed by atoms with Crippen LogP contribution >= 0.6 is 0 Å². The summed E-state index contributed by atoms with van der Waals surface area (Å²) in [5.74, 6) is 1.85. The molecule has 1 unspecified atom stereocenters. The quantitative estimate of drug-likeness (QED) is 0.438. The summed E-state index contributed by atoms with van der Waals surface area (Å²) in [6.45, 7) is 6.69. The van der Waals surface area contributed by atoms with E-state index in [4.69, 9.17) is 14.7 Å². The van der Waals surface area contributed by atoms with E-state index in [0.29, 0.717) is 37.5 Å². The molecule has 1 aliphatic carbocycles. The average Bonchev–Trinajstić information content (AvgIpc) is 2.82. The van der Waals surface area contributed by atoms with Gasteiger partial charge in [-0.25, -0.2) is 14.6 Å². The minimum absolute atomic E-state index is 0.271. The normalized spacial score (nSPS) is 18.7. The number of urea groups is 1. The van der Waals surface area contributed by atoms with Crippen molar-refractivity contribution < 1.29 is 14.3 Å². The summed E-state index contributed by atoms with van der Waals surface area (Å²) in [5.41, 5.74) is 0.927. The summed E-state index contributed by atoms with van der Waals surface area (Å²) in [7, 11) is 3.98. The molecule has 0 bridgehead atoms.